The molecule has 7 nitrogen and oxygen atoms in total. The van der Waals surface area contributed by atoms with Gasteiger partial charge in [-0.1, -0.05) is 54.6 Å². The number of ketones is 1. The van der Waals surface area contributed by atoms with Crippen molar-refractivity contribution in [3.8, 4) is 11.5 Å². The molecule has 0 aliphatic carbocycles. The summed E-state index contributed by atoms with van der Waals surface area (Å²) in [4.78, 5) is 32.2. The normalized spacial score (nSPS) is 16.3. The summed E-state index contributed by atoms with van der Waals surface area (Å²) >= 11 is 0. The average Bonchev–Trinajstić information content (AvgIpc) is 3.23. The van der Waals surface area contributed by atoms with Crippen molar-refractivity contribution in [3.63, 3.8) is 0 Å². The van der Waals surface area contributed by atoms with Crippen LogP contribution in [0.3, 0.4) is 0 Å². The number of carbonyl (C=O) groups is 2. The van der Waals surface area contributed by atoms with E-state index in [0.717, 1.165) is 11.6 Å². The van der Waals surface area contributed by atoms with Gasteiger partial charge in [-0.05, 0) is 53.4 Å². The molecule has 1 amide bonds. The Kier molecular flexibility index (Phi) is 7.59. The van der Waals surface area contributed by atoms with Crippen LogP contribution < -0.4 is 9.47 Å². The fourth-order valence-corrected chi connectivity index (χ4v) is 4.68. The van der Waals surface area contributed by atoms with Crippen molar-refractivity contribution in [3.05, 3.63) is 130 Å². The lowest BCUT2D eigenvalue weighted by Gasteiger charge is -2.26. The van der Waals surface area contributed by atoms with E-state index in [4.69, 9.17) is 9.47 Å². The summed E-state index contributed by atoms with van der Waals surface area (Å²) in [5.41, 5.74) is 2.54. The number of hydrogen-bond donors (Lipinski definition) is 1. The Hall–Kier alpha value is -4.98. The number of aliphatic hydroxyl groups excluding tert-OH is 1. The molecule has 202 valence electrons. The topological polar surface area (TPSA) is 89.0 Å². The monoisotopic (exact) mass is 538 g/mol. The lowest BCUT2D eigenvalue weighted by atomic mass is 9.94. The molecule has 0 radical (unpaired) electrons. The number of benzene rings is 3. The molecular weight excluding hydrogens is 511 g/mol. The zero-order chi connectivity index (χ0) is 28.2. The van der Waals surface area contributed by atoms with Crippen molar-refractivity contribution in [2.45, 2.75) is 26.1 Å². The first-order chi connectivity index (χ1) is 19.4. The number of aromatic nitrogens is 1. The van der Waals surface area contributed by atoms with Gasteiger partial charge in [0.25, 0.3) is 11.7 Å². The van der Waals surface area contributed by atoms with Crippen molar-refractivity contribution in [1.82, 2.24) is 9.88 Å². The van der Waals surface area contributed by atoms with E-state index in [2.05, 4.69) is 4.98 Å². The smallest absolute Gasteiger partial charge is 0.295 e. The highest BCUT2D eigenvalue weighted by molar-refractivity contribution is 6.46. The molecule has 0 unspecified atom stereocenters. The quantitative estimate of drug-likeness (QED) is 0.175. The van der Waals surface area contributed by atoms with Gasteiger partial charge in [0.1, 0.15) is 18.2 Å². The summed E-state index contributed by atoms with van der Waals surface area (Å²) in [5, 5.41) is 11.3. The number of nitrogens with zero attached hydrogens (tertiary/aromatic N) is 2. The minimum Gasteiger partial charge on any atom is -0.507 e. The molecule has 1 saturated heterocycles. The maximum Gasteiger partial charge on any atom is 0.295 e. The van der Waals surface area contributed by atoms with Crippen LogP contribution in [0.15, 0.2) is 96.8 Å². The van der Waals surface area contributed by atoms with Gasteiger partial charge in [0.05, 0.1) is 18.7 Å². The first-order valence-electron chi connectivity index (χ1n) is 12.7. The van der Waals surface area contributed by atoms with E-state index in [1.54, 1.807) is 49.6 Å². The number of pyridine rings is 1. The molecule has 2 heterocycles. The van der Waals surface area contributed by atoms with Crippen LogP contribution in [0.4, 0.5) is 4.39 Å². The zero-order valence-corrected chi connectivity index (χ0v) is 22.0. The molecular formula is C32H27FN2O5. The third kappa shape index (κ3) is 5.29. The number of hydrogen-bond acceptors (Lipinski definition) is 6. The first kappa shape index (κ1) is 26.6. The number of amides is 1. The highest BCUT2D eigenvalue weighted by atomic mass is 19.1. The molecule has 1 N–H and O–H groups in total. The molecule has 0 bridgehead atoms. The molecule has 1 aliphatic rings. The molecule has 8 heteroatoms. The maximum absolute atomic E-state index is 14.4. The van der Waals surface area contributed by atoms with Crippen LogP contribution >= 0.6 is 0 Å². The van der Waals surface area contributed by atoms with E-state index in [0.29, 0.717) is 34.8 Å². The van der Waals surface area contributed by atoms with Gasteiger partial charge in [0.2, 0.25) is 0 Å². The van der Waals surface area contributed by atoms with Crippen LogP contribution in [0.5, 0.6) is 11.5 Å². The zero-order valence-electron chi connectivity index (χ0n) is 22.0. The number of ether oxygens (including phenoxy) is 2. The summed E-state index contributed by atoms with van der Waals surface area (Å²) in [7, 11) is 1.50. The molecule has 0 saturated carbocycles. The van der Waals surface area contributed by atoms with Gasteiger partial charge in [-0.15, -0.1) is 0 Å². The molecule has 40 heavy (non-hydrogen) atoms. The molecule has 5 rings (SSSR count). The molecule has 3 aromatic carbocycles. The summed E-state index contributed by atoms with van der Waals surface area (Å²) in [6, 6.07) is 21.5. The number of halogens is 1. The highest BCUT2D eigenvalue weighted by Gasteiger charge is 2.46. The first-order valence-corrected chi connectivity index (χ1v) is 12.7. The van der Waals surface area contributed by atoms with Gasteiger partial charge in [-0.3, -0.25) is 14.6 Å². The van der Waals surface area contributed by atoms with E-state index >= 15 is 0 Å². The maximum atomic E-state index is 14.4. The van der Waals surface area contributed by atoms with Gasteiger partial charge in [0.15, 0.2) is 11.5 Å². The summed E-state index contributed by atoms with van der Waals surface area (Å²) in [5.74, 6) is -1.78. The van der Waals surface area contributed by atoms with Crippen LogP contribution in [0.1, 0.15) is 33.9 Å². The summed E-state index contributed by atoms with van der Waals surface area (Å²) in [6.45, 7) is 1.98. The van der Waals surface area contributed by atoms with Crippen LogP contribution in [-0.2, 0) is 22.7 Å². The van der Waals surface area contributed by atoms with E-state index < -0.39 is 29.3 Å². The lowest BCUT2D eigenvalue weighted by molar-refractivity contribution is -0.140. The molecule has 1 aromatic heterocycles. The van der Waals surface area contributed by atoms with Gasteiger partial charge < -0.3 is 19.5 Å². The minimum atomic E-state index is -0.971. The summed E-state index contributed by atoms with van der Waals surface area (Å²) in [6.07, 6.45) is 3.22. The SMILES string of the molecule is COc1cc([C@@H]2C(=C(O)c3ccc(C)c(F)c3)C(=O)C(=O)N2Cc2cccnc2)ccc1OCc1ccccc1. The Balaban J connectivity index is 1.58. The number of Topliss-reactive ketones (excluding diaryl/α,β-unsaturated/α-hetero) is 1. The number of methoxy groups -OCH3 is 1. The minimum absolute atomic E-state index is 0.0662. The Morgan fingerprint density at radius 2 is 1.75 bits per heavy atom. The predicted octanol–water partition coefficient (Wildman–Crippen LogP) is 5.74. The Morgan fingerprint density at radius 3 is 2.45 bits per heavy atom. The molecule has 1 fully saturated rings. The Bertz CT molecular complexity index is 1590. The Labute approximate surface area is 231 Å². The van der Waals surface area contributed by atoms with Crippen molar-refractivity contribution in [1.29, 1.82) is 0 Å². The fourth-order valence-electron chi connectivity index (χ4n) is 4.68. The third-order valence-electron chi connectivity index (χ3n) is 6.80. The second kappa shape index (κ2) is 11.4. The van der Waals surface area contributed by atoms with E-state index in [9.17, 15) is 19.1 Å². The van der Waals surface area contributed by atoms with Crippen LogP contribution in [0.25, 0.3) is 5.76 Å². The Morgan fingerprint density at radius 1 is 0.975 bits per heavy atom. The number of likely N-dealkylation sites (tertiary alicyclic amines) is 1. The number of rotatable bonds is 8. The van der Waals surface area contributed by atoms with Gasteiger partial charge in [-0.25, -0.2) is 4.39 Å². The fraction of sp³-hybridized carbons (Fsp3) is 0.156. The van der Waals surface area contributed by atoms with E-state index in [1.165, 1.54) is 24.1 Å². The molecule has 1 aliphatic heterocycles. The van der Waals surface area contributed by atoms with Crippen molar-refractivity contribution in [2.75, 3.05) is 7.11 Å². The molecule has 0 spiro atoms. The molecule has 1 atom stereocenters. The number of aryl methyl sites for hydroxylation is 1. The van der Waals surface area contributed by atoms with Gasteiger partial charge in [-0.2, -0.15) is 0 Å². The van der Waals surface area contributed by atoms with Crippen LogP contribution in [0, 0.1) is 12.7 Å². The molecule has 4 aromatic rings. The van der Waals surface area contributed by atoms with Crippen molar-refractivity contribution >= 4 is 17.4 Å². The third-order valence-corrected chi connectivity index (χ3v) is 6.80. The van der Waals surface area contributed by atoms with Crippen LogP contribution in [0.2, 0.25) is 0 Å². The van der Waals surface area contributed by atoms with Crippen molar-refractivity contribution < 1.29 is 28.6 Å². The predicted molar refractivity (Wildman–Crippen MR) is 147 cm³/mol. The van der Waals surface area contributed by atoms with E-state index in [1.807, 2.05) is 30.3 Å². The second-order valence-corrected chi connectivity index (χ2v) is 9.44. The average molecular weight is 539 g/mol. The largest absolute Gasteiger partial charge is 0.507 e. The highest BCUT2D eigenvalue weighted by Crippen LogP contribution is 2.43. The van der Waals surface area contributed by atoms with Crippen molar-refractivity contribution in [2.24, 2.45) is 0 Å². The number of aliphatic hydroxyl groups is 1. The van der Waals surface area contributed by atoms with Gasteiger partial charge >= 0.3 is 0 Å². The number of carbonyl (C=O) groups excluding carboxylic acids is 2. The van der Waals surface area contributed by atoms with Gasteiger partial charge in [0, 0.05) is 24.5 Å². The lowest BCUT2D eigenvalue weighted by Crippen LogP contribution is -2.29. The standard InChI is InChI=1S/C32H27FN2O5/c1-20-10-11-24(15-25(20)33)30(36)28-29(35(32(38)31(28)37)18-22-9-6-14-34-17-22)23-12-13-26(27(16-23)39-2)40-19-21-7-4-3-5-8-21/h3-17,29,36H,18-19H2,1-2H3/t29-/m1/s1. The van der Waals surface area contributed by atoms with Crippen LogP contribution in [-0.4, -0.2) is 33.8 Å². The van der Waals surface area contributed by atoms with E-state index in [-0.39, 0.29) is 17.7 Å². The summed E-state index contributed by atoms with van der Waals surface area (Å²) < 4.78 is 26.0. The second-order valence-electron chi connectivity index (χ2n) is 9.44.